The van der Waals surface area contributed by atoms with E-state index in [9.17, 15) is 17.6 Å². The van der Waals surface area contributed by atoms with Gasteiger partial charge in [0.2, 0.25) is 0 Å². The minimum absolute atomic E-state index is 0.239. The van der Waals surface area contributed by atoms with Crippen molar-refractivity contribution >= 4 is 34.8 Å². The van der Waals surface area contributed by atoms with Crippen LogP contribution in [-0.2, 0) is 11.9 Å². The Morgan fingerprint density at radius 2 is 1.65 bits per heavy atom. The van der Waals surface area contributed by atoms with Crippen molar-refractivity contribution in [3.63, 3.8) is 0 Å². The highest BCUT2D eigenvalue weighted by molar-refractivity contribution is 7.98. The normalized spacial score (nSPS) is 11.2. The van der Waals surface area contributed by atoms with Gasteiger partial charge in [-0.2, -0.15) is 24.9 Å². The van der Waals surface area contributed by atoms with Gasteiger partial charge in [-0.3, -0.25) is 0 Å². The first-order valence-electron chi connectivity index (χ1n) is 7.89. The molecule has 0 aliphatic rings. The van der Waals surface area contributed by atoms with Crippen molar-refractivity contribution in [1.29, 1.82) is 0 Å². The van der Waals surface area contributed by atoms with E-state index in [1.165, 1.54) is 24.3 Å². The molecule has 0 aliphatic heterocycles. The lowest BCUT2D eigenvalue weighted by Gasteiger charge is -2.12. The number of alkyl halides is 3. The van der Waals surface area contributed by atoms with E-state index in [2.05, 4.69) is 10.6 Å². The number of hydrogen-bond acceptors (Lipinski definition) is 2. The van der Waals surface area contributed by atoms with Crippen LogP contribution in [0.3, 0.4) is 0 Å². The second-order valence-electron chi connectivity index (χ2n) is 5.49. The highest BCUT2D eigenvalue weighted by atomic mass is 32.2. The second kappa shape index (κ2) is 9.78. The van der Waals surface area contributed by atoms with Crippen LogP contribution in [0.15, 0.2) is 48.5 Å². The quantitative estimate of drug-likeness (QED) is 0.365. The molecular formula is C18H18F4N2S2. The summed E-state index contributed by atoms with van der Waals surface area (Å²) in [7, 11) is 0. The van der Waals surface area contributed by atoms with Gasteiger partial charge in [0.05, 0.1) is 5.56 Å². The summed E-state index contributed by atoms with van der Waals surface area (Å²) in [5.41, 5.74) is 0.880. The molecule has 0 unspecified atom stereocenters. The average Bonchev–Trinajstić information content (AvgIpc) is 2.59. The van der Waals surface area contributed by atoms with Gasteiger partial charge in [0.25, 0.3) is 0 Å². The summed E-state index contributed by atoms with van der Waals surface area (Å²) in [6.45, 7) is 0.656. The standard InChI is InChI=1S/C18H18F4N2S2/c19-15-6-2-13(3-7-15)12-26-11-1-10-23-17(25)24-16-8-4-14(5-9-16)18(20,21)22/h2-9H,1,10-12H2,(H2,23,24,25). The first-order valence-corrected chi connectivity index (χ1v) is 9.45. The maximum absolute atomic E-state index is 12.8. The number of thiocarbonyl (C=S) groups is 1. The molecule has 2 aromatic rings. The number of rotatable bonds is 7. The van der Waals surface area contributed by atoms with Crippen LogP contribution in [-0.4, -0.2) is 17.4 Å². The Kier molecular flexibility index (Phi) is 7.71. The highest BCUT2D eigenvalue weighted by Crippen LogP contribution is 2.29. The first-order chi connectivity index (χ1) is 12.3. The van der Waals surface area contributed by atoms with E-state index < -0.39 is 11.7 Å². The zero-order valence-electron chi connectivity index (χ0n) is 13.8. The molecule has 2 rings (SSSR count). The van der Waals surface area contributed by atoms with Crippen LogP contribution in [0.2, 0.25) is 0 Å². The predicted molar refractivity (Wildman–Crippen MR) is 103 cm³/mol. The van der Waals surface area contributed by atoms with E-state index in [4.69, 9.17) is 12.2 Å². The fraction of sp³-hybridized carbons (Fsp3) is 0.278. The first kappa shape index (κ1) is 20.5. The number of nitrogens with one attached hydrogen (secondary N) is 2. The molecular weight excluding hydrogens is 384 g/mol. The molecule has 2 N–H and O–H groups in total. The van der Waals surface area contributed by atoms with Crippen molar-refractivity contribution in [3.8, 4) is 0 Å². The fourth-order valence-corrected chi connectivity index (χ4v) is 3.21. The highest BCUT2D eigenvalue weighted by Gasteiger charge is 2.29. The van der Waals surface area contributed by atoms with Crippen LogP contribution in [0.1, 0.15) is 17.5 Å². The number of hydrogen-bond donors (Lipinski definition) is 2. The zero-order valence-corrected chi connectivity index (χ0v) is 15.4. The molecule has 2 aromatic carbocycles. The van der Waals surface area contributed by atoms with Crippen molar-refractivity contribution in [2.24, 2.45) is 0 Å². The molecule has 0 aromatic heterocycles. The maximum atomic E-state index is 12.8. The lowest BCUT2D eigenvalue weighted by atomic mass is 10.2. The van der Waals surface area contributed by atoms with Crippen LogP contribution < -0.4 is 10.6 Å². The molecule has 0 heterocycles. The molecule has 0 amide bonds. The van der Waals surface area contributed by atoms with Gasteiger partial charge in [0, 0.05) is 18.0 Å². The molecule has 2 nitrogen and oxygen atoms in total. The Morgan fingerprint density at radius 1 is 1.00 bits per heavy atom. The third-order valence-corrected chi connectivity index (χ3v) is 4.76. The van der Waals surface area contributed by atoms with Crippen LogP contribution in [0, 0.1) is 5.82 Å². The van der Waals surface area contributed by atoms with Crippen LogP contribution >= 0.6 is 24.0 Å². The Labute approximate surface area is 159 Å². The minimum Gasteiger partial charge on any atom is -0.362 e. The van der Waals surface area contributed by atoms with Gasteiger partial charge in [-0.15, -0.1) is 0 Å². The van der Waals surface area contributed by atoms with E-state index in [1.807, 2.05) is 0 Å². The van der Waals surface area contributed by atoms with E-state index in [0.717, 1.165) is 35.6 Å². The molecule has 0 atom stereocenters. The predicted octanol–water partition coefficient (Wildman–Crippen LogP) is 5.45. The van der Waals surface area contributed by atoms with Crippen molar-refractivity contribution in [3.05, 3.63) is 65.5 Å². The Bertz CT molecular complexity index is 701. The summed E-state index contributed by atoms with van der Waals surface area (Å²) in [4.78, 5) is 0. The maximum Gasteiger partial charge on any atom is 0.416 e. The zero-order chi connectivity index (χ0) is 19.0. The van der Waals surface area contributed by atoms with Gasteiger partial charge in [-0.1, -0.05) is 12.1 Å². The molecule has 0 spiro atoms. The molecule has 0 saturated heterocycles. The molecule has 140 valence electrons. The Balaban J connectivity index is 1.61. The average molecular weight is 402 g/mol. The minimum atomic E-state index is -4.34. The van der Waals surface area contributed by atoms with Crippen LogP contribution in [0.25, 0.3) is 0 Å². The molecule has 0 saturated carbocycles. The Hall–Kier alpha value is -1.80. The summed E-state index contributed by atoms with van der Waals surface area (Å²) in [5.74, 6) is 1.49. The number of anilines is 1. The second-order valence-corrected chi connectivity index (χ2v) is 7.00. The van der Waals surface area contributed by atoms with Crippen molar-refractivity contribution in [1.82, 2.24) is 5.32 Å². The number of thioether (sulfide) groups is 1. The molecule has 8 heteroatoms. The van der Waals surface area contributed by atoms with Gasteiger partial charge in [-0.25, -0.2) is 4.39 Å². The third kappa shape index (κ3) is 7.21. The van der Waals surface area contributed by atoms with Gasteiger partial charge in [0.15, 0.2) is 5.11 Å². The summed E-state index contributed by atoms with van der Waals surface area (Å²) in [6, 6.07) is 11.1. The number of benzene rings is 2. The largest absolute Gasteiger partial charge is 0.416 e. The molecule has 26 heavy (non-hydrogen) atoms. The summed E-state index contributed by atoms with van der Waals surface area (Å²) >= 11 is 6.86. The van der Waals surface area contributed by atoms with Crippen molar-refractivity contribution < 1.29 is 17.6 Å². The smallest absolute Gasteiger partial charge is 0.362 e. The summed E-state index contributed by atoms with van der Waals surface area (Å²) in [6.07, 6.45) is -3.47. The lowest BCUT2D eigenvalue weighted by molar-refractivity contribution is -0.137. The van der Waals surface area contributed by atoms with Crippen molar-refractivity contribution in [2.45, 2.75) is 18.3 Å². The molecule has 0 bridgehead atoms. The molecule has 0 radical (unpaired) electrons. The van der Waals surface area contributed by atoms with Crippen molar-refractivity contribution in [2.75, 3.05) is 17.6 Å². The monoisotopic (exact) mass is 402 g/mol. The van der Waals surface area contributed by atoms with E-state index in [1.54, 1.807) is 23.9 Å². The van der Waals surface area contributed by atoms with Gasteiger partial charge >= 0.3 is 6.18 Å². The lowest BCUT2D eigenvalue weighted by Crippen LogP contribution is -2.29. The fourth-order valence-electron chi connectivity index (χ4n) is 2.06. The van der Waals surface area contributed by atoms with E-state index in [-0.39, 0.29) is 5.82 Å². The van der Waals surface area contributed by atoms with Crippen LogP contribution in [0.5, 0.6) is 0 Å². The third-order valence-electron chi connectivity index (χ3n) is 3.40. The van der Waals surface area contributed by atoms with Gasteiger partial charge in [0.1, 0.15) is 5.82 Å². The topological polar surface area (TPSA) is 24.1 Å². The van der Waals surface area contributed by atoms with Crippen LogP contribution in [0.4, 0.5) is 23.2 Å². The summed E-state index contributed by atoms with van der Waals surface area (Å²) in [5, 5.41) is 6.24. The van der Waals surface area contributed by atoms with Gasteiger partial charge in [-0.05, 0) is 66.4 Å². The van der Waals surface area contributed by atoms with E-state index in [0.29, 0.717) is 17.3 Å². The Morgan fingerprint density at radius 3 is 2.27 bits per heavy atom. The summed E-state index contributed by atoms with van der Waals surface area (Å²) < 4.78 is 50.3. The molecule has 0 aliphatic carbocycles. The van der Waals surface area contributed by atoms with Gasteiger partial charge < -0.3 is 10.6 Å². The van der Waals surface area contributed by atoms with E-state index >= 15 is 0 Å². The molecule has 0 fully saturated rings. The number of halogens is 4. The SMILES string of the molecule is Fc1ccc(CSCCCNC(=S)Nc2ccc(C(F)(F)F)cc2)cc1.